The molecule has 0 spiro atoms. The topological polar surface area (TPSA) is 93.8 Å². The first-order valence-corrected chi connectivity index (χ1v) is 6.32. The zero-order chi connectivity index (χ0) is 14.5. The van der Waals surface area contributed by atoms with Gasteiger partial charge in [0.05, 0.1) is 5.41 Å². The number of nitrogen functional groups attached to an aromatic ring is 1. The average Bonchev–Trinajstić information content (AvgIpc) is 2.59. The molecule has 0 fully saturated rings. The van der Waals surface area contributed by atoms with Crippen LogP contribution in [0.15, 0.2) is 18.2 Å². The number of nitrogens with two attached hydrogens (primary N) is 1. The third-order valence-corrected chi connectivity index (χ3v) is 3.53. The quantitative estimate of drug-likeness (QED) is 0.821. The van der Waals surface area contributed by atoms with Crippen LogP contribution >= 0.6 is 0 Å². The van der Waals surface area contributed by atoms with Crippen molar-refractivity contribution in [2.24, 2.45) is 0 Å². The molecule has 1 aromatic carbocycles. The van der Waals surface area contributed by atoms with E-state index in [1.165, 1.54) is 0 Å². The third kappa shape index (κ3) is 1.80. The van der Waals surface area contributed by atoms with E-state index in [1.54, 1.807) is 6.92 Å². The van der Waals surface area contributed by atoms with Crippen LogP contribution in [0.25, 0.3) is 11.4 Å². The lowest BCUT2D eigenvalue weighted by Crippen LogP contribution is -2.26. The van der Waals surface area contributed by atoms with E-state index in [4.69, 9.17) is 5.73 Å². The molecular formula is C14H15N5O. The van der Waals surface area contributed by atoms with E-state index < -0.39 is 5.41 Å². The molecule has 0 saturated heterocycles. The molecule has 0 bridgehead atoms. The van der Waals surface area contributed by atoms with Gasteiger partial charge in [-0.15, -0.1) is 0 Å². The molecule has 0 unspecified atom stereocenters. The number of nitrogens with one attached hydrogen (secondary N) is 1. The zero-order valence-corrected chi connectivity index (χ0v) is 11.6. The Morgan fingerprint density at radius 1 is 1.20 bits per heavy atom. The van der Waals surface area contributed by atoms with Gasteiger partial charge in [-0.05, 0) is 44.5 Å². The van der Waals surface area contributed by atoms with Crippen molar-refractivity contribution in [3.8, 4) is 11.4 Å². The second-order valence-electron chi connectivity index (χ2n) is 5.40. The fourth-order valence-corrected chi connectivity index (χ4v) is 2.34. The SMILES string of the molecule is Cc1nc(N)nc(-c2ccc3c(c2)C(C)(C)C(=O)N3)n1. The maximum absolute atomic E-state index is 11.9. The molecule has 1 aliphatic rings. The molecule has 0 radical (unpaired) electrons. The zero-order valence-electron chi connectivity index (χ0n) is 11.6. The Balaban J connectivity index is 2.14. The van der Waals surface area contributed by atoms with Gasteiger partial charge in [0.25, 0.3) is 0 Å². The predicted octanol–water partition coefficient (Wildman–Crippen LogP) is 1.66. The van der Waals surface area contributed by atoms with Crippen LogP contribution in [0.1, 0.15) is 25.2 Å². The van der Waals surface area contributed by atoms with Gasteiger partial charge in [0, 0.05) is 11.3 Å². The van der Waals surface area contributed by atoms with Crippen molar-refractivity contribution in [2.75, 3.05) is 11.1 Å². The molecule has 1 aromatic heterocycles. The largest absolute Gasteiger partial charge is 0.368 e. The van der Waals surface area contributed by atoms with E-state index in [0.717, 1.165) is 16.8 Å². The van der Waals surface area contributed by atoms with E-state index in [0.29, 0.717) is 11.6 Å². The van der Waals surface area contributed by atoms with Crippen LogP contribution in [0, 0.1) is 6.92 Å². The molecule has 3 N–H and O–H groups in total. The molecular weight excluding hydrogens is 254 g/mol. The number of hydrogen-bond acceptors (Lipinski definition) is 5. The number of amides is 1. The fraction of sp³-hybridized carbons (Fsp3) is 0.286. The standard InChI is InChI=1S/C14H15N5O/c1-7-16-11(19-13(15)17-7)8-4-5-10-9(6-8)14(2,3)12(20)18-10/h4-6H,1-3H3,(H,18,20)(H2,15,16,17,19). The molecule has 2 heterocycles. The molecule has 0 atom stereocenters. The summed E-state index contributed by atoms with van der Waals surface area (Å²) in [6.45, 7) is 5.56. The van der Waals surface area contributed by atoms with E-state index in [1.807, 2.05) is 32.0 Å². The van der Waals surface area contributed by atoms with Crippen molar-refractivity contribution in [1.82, 2.24) is 15.0 Å². The van der Waals surface area contributed by atoms with Crippen molar-refractivity contribution in [2.45, 2.75) is 26.2 Å². The van der Waals surface area contributed by atoms with Crippen LogP contribution in [0.5, 0.6) is 0 Å². The molecule has 0 aliphatic carbocycles. The normalized spacial score (nSPS) is 15.8. The Labute approximate surface area is 116 Å². The van der Waals surface area contributed by atoms with E-state index in [2.05, 4.69) is 20.3 Å². The van der Waals surface area contributed by atoms with E-state index >= 15 is 0 Å². The number of aryl methyl sites for hydroxylation is 1. The Morgan fingerprint density at radius 2 is 1.95 bits per heavy atom. The van der Waals surface area contributed by atoms with Crippen LogP contribution in [0.4, 0.5) is 11.6 Å². The second kappa shape index (κ2) is 4.00. The number of carbonyl (C=O) groups is 1. The lowest BCUT2D eigenvalue weighted by Gasteiger charge is -2.15. The van der Waals surface area contributed by atoms with Crippen LogP contribution in [-0.2, 0) is 10.2 Å². The number of fused-ring (bicyclic) bond motifs is 1. The minimum absolute atomic E-state index is 0.00371. The lowest BCUT2D eigenvalue weighted by atomic mass is 9.85. The lowest BCUT2D eigenvalue weighted by molar-refractivity contribution is -0.119. The van der Waals surface area contributed by atoms with Gasteiger partial charge in [0.2, 0.25) is 11.9 Å². The van der Waals surface area contributed by atoms with E-state index in [9.17, 15) is 4.79 Å². The number of hydrogen-bond donors (Lipinski definition) is 2. The maximum atomic E-state index is 11.9. The number of aromatic nitrogens is 3. The van der Waals surface area contributed by atoms with Crippen molar-refractivity contribution in [3.63, 3.8) is 0 Å². The van der Waals surface area contributed by atoms with Crippen molar-refractivity contribution < 1.29 is 4.79 Å². The maximum Gasteiger partial charge on any atom is 0.234 e. The number of carbonyl (C=O) groups excluding carboxylic acids is 1. The summed E-state index contributed by atoms with van der Waals surface area (Å²) in [5.41, 5.74) is 7.70. The highest BCUT2D eigenvalue weighted by Gasteiger charge is 2.38. The van der Waals surface area contributed by atoms with Gasteiger partial charge in [-0.1, -0.05) is 0 Å². The van der Waals surface area contributed by atoms with Crippen LogP contribution < -0.4 is 11.1 Å². The molecule has 2 aromatic rings. The van der Waals surface area contributed by atoms with Gasteiger partial charge in [-0.25, -0.2) is 4.98 Å². The highest BCUT2D eigenvalue weighted by Crippen LogP contribution is 2.39. The molecule has 102 valence electrons. The minimum atomic E-state index is -0.557. The summed E-state index contributed by atoms with van der Waals surface area (Å²) < 4.78 is 0. The predicted molar refractivity (Wildman–Crippen MR) is 76.1 cm³/mol. The molecule has 0 saturated carbocycles. The second-order valence-corrected chi connectivity index (χ2v) is 5.40. The first-order valence-electron chi connectivity index (χ1n) is 6.32. The number of benzene rings is 1. The summed E-state index contributed by atoms with van der Waals surface area (Å²) >= 11 is 0. The van der Waals surface area contributed by atoms with Gasteiger partial charge >= 0.3 is 0 Å². The molecule has 1 aliphatic heterocycles. The van der Waals surface area contributed by atoms with Crippen molar-refractivity contribution in [3.05, 3.63) is 29.6 Å². The van der Waals surface area contributed by atoms with Crippen molar-refractivity contribution >= 4 is 17.5 Å². The highest BCUT2D eigenvalue weighted by atomic mass is 16.2. The Bertz CT molecular complexity index is 703. The Hall–Kier alpha value is -2.50. The molecule has 3 rings (SSSR count). The monoisotopic (exact) mass is 269 g/mol. The van der Waals surface area contributed by atoms with E-state index in [-0.39, 0.29) is 11.9 Å². The number of anilines is 2. The number of rotatable bonds is 1. The molecule has 6 nitrogen and oxygen atoms in total. The first-order chi connectivity index (χ1) is 9.38. The van der Waals surface area contributed by atoms with Gasteiger partial charge in [0.1, 0.15) is 5.82 Å². The van der Waals surface area contributed by atoms with Gasteiger partial charge in [-0.3, -0.25) is 4.79 Å². The van der Waals surface area contributed by atoms with Crippen molar-refractivity contribution in [1.29, 1.82) is 0 Å². The Morgan fingerprint density at radius 3 is 2.65 bits per heavy atom. The number of nitrogens with zero attached hydrogens (tertiary/aromatic N) is 3. The molecule has 20 heavy (non-hydrogen) atoms. The van der Waals surface area contributed by atoms with Crippen LogP contribution in [-0.4, -0.2) is 20.9 Å². The molecule has 6 heteroatoms. The van der Waals surface area contributed by atoms with Crippen LogP contribution in [0.3, 0.4) is 0 Å². The van der Waals surface area contributed by atoms with Gasteiger partial charge in [-0.2, -0.15) is 9.97 Å². The third-order valence-electron chi connectivity index (χ3n) is 3.53. The van der Waals surface area contributed by atoms with Crippen LogP contribution in [0.2, 0.25) is 0 Å². The summed E-state index contributed by atoms with van der Waals surface area (Å²) in [7, 11) is 0. The van der Waals surface area contributed by atoms with Gasteiger partial charge < -0.3 is 11.1 Å². The summed E-state index contributed by atoms with van der Waals surface area (Å²) in [6.07, 6.45) is 0. The Kier molecular flexibility index (Phi) is 2.50. The summed E-state index contributed by atoms with van der Waals surface area (Å²) in [5.74, 6) is 1.28. The smallest absolute Gasteiger partial charge is 0.234 e. The summed E-state index contributed by atoms with van der Waals surface area (Å²) in [6, 6.07) is 5.67. The first kappa shape index (κ1) is 12.5. The molecule has 1 amide bonds. The highest BCUT2D eigenvalue weighted by molar-refractivity contribution is 6.06. The minimum Gasteiger partial charge on any atom is -0.368 e. The van der Waals surface area contributed by atoms with Gasteiger partial charge in [0.15, 0.2) is 5.82 Å². The summed E-state index contributed by atoms with van der Waals surface area (Å²) in [4.78, 5) is 24.3. The average molecular weight is 269 g/mol. The summed E-state index contributed by atoms with van der Waals surface area (Å²) in [5, 5.41) is 2.87. The fourth-order valence-electron chi connectivity index (χ4n) is 2.34.